The zero-order valence-corrected chi connectivity index (χ0v) is 25.0. The van der Waals surface area contributed by atoms with Gasteiger partial charge in [0, 0.05) is 28.2 Å². The van der Waals surface area contributed by atoms with E-state index in [1.54, 1.807) is 63.2 Å². The maximum Gasteiger partial charge on any atom is 0.264 e. The van der Waals surface area contributed by atoms with Gasteiger partial charge in [0.2, 0.25) is 11.8 Å². The second kappa shape index (κ2) is 13.5. The number of amides is 2. The monoisotopic (exact) mass is 607 g/mol. The Balaban J connectivity index is 2.10. The summed E-state index contributed by atoms with van der Waals surface area (Å²) >= 11 is 12.8. The fourth-order valence-corrected chi connectivity index (χ4v) is 6.06. The van der Waals surface area contributed by atoms with E-state index in [4.69, 9.17) is 23.2 Å². The zero-order valence-electron chi connectivity index (χ0n) is 22.7. The summed E-state index contributed by atoms with van der Waals surface area (Å²) in [6, 6.07) is 14.8. The van der Waals surface area contributed by atoms with E-state index in [0.717, 1.165) is 34.1 Å². The van der Waals surface area contributed by atoms with Gasteiger partial charge in [0.1, 0.15) is 18.4 Å². The van der Waals surface area contributed by atoms with E-state index in [9.17, 15) is 22.4 Å². The van der Waals surface area contributed by atoms with Crippen molar-refractivity contribution < 1.29 is 22.4 Å². The predicted molar refractivity (Wildman–Crippen MR) is 156 cm³/mol. The molecule has 3 aromatic carbocycles. The molecule has 0 saturated carbocycles. The molecule has 1 N–H and O–H groups in total. The van der Waals surface area contributed by atoms with Crippen LogP contribution < -0.4 is 9.62 Å². The Morgan fingerprint density at radius 1 is 0.950 bits per heavy atom. The Kier molecular flexibility index (Phi) is 10.6. The smallest absolute Gasteiger partial charge is 0.264 e. The van der Waals surface area contributed by atoms with Gasteiger partial charge in [0.05, 0.1) is 10.6 Å². The van der Waals surface area contributed by atoms with Crippen molar-refractivity contribution in [3.63, 3.8) is 0 Å². The SMILES string of the molecule is CC[C@H](C(=O)NC(C)C)N(Cc1c(Cl)cccc1Cl)C(=O)CN(c1ccc(C)cc1)S(=O)(=O)c1ccc(F)cc1. The third kappa shape index (κ3) is 7.53. The van der Waals surface area contributed by atoms with Gasteiger partial charge in [-0.1, -0.05) is 53.9 Å². The summed E-state index contributed by atoms with van der Waals surface area (Å²) in [6.07, 6.45) is 0.252. The first-order valence-electron chi connectivity index (χ1n) is 12.7. The molecular formula is C29H32Cl2FN3O4S. The first-order valence-corrected chi connectivity index (χ1v) is 14.9. The van der Waals surface area contributed by atoms with Crippen molar-refractivity contribution in [2.24, 2.45) is 0 Å². The number of anilines is 1. The molecule has 0 heterocycles. The average molecular weight is 609 g/mol. The second-order valence-corrected chi connectivity index (χ2v) is 12.3. The predicted octanol–water partition coefficient (Wildman–Crippen LogP) is 5.97. The number of nitrogens with zero attached hydrogens (tertiary/aromatic N) is 2. The van der Waals surface area contributed by atoms with Crippen LogP contribution in [0.4, 0.5) is 10.1 Å². The molecule has 0 bridgehead atoms. The Morgan fingerprint density at radius 3 is 2.05 bits per heavy atom. The first-order chi connectivity index (χ1) is 18.8. The standard InChI is InChI=1S/C29H32Cl2FN3O4S/c1-5-27(29(37)33-19(2)3)34(17-24-25(30)7-6-8-26(24)31)28(36)18-35(22-13-9-20(4)10-14-22)40(38,39)23-15-11-21(32)12-16-23/h6-16,19,27H,5,17-18H2,1-4H3,(H,33,37)/t27-/m1/s1. The van der Waals surface area contributed by atoms with E-state index in [0.29, 0.717) is 15.6 Å². The summed E-state index contributed by atoms with van der Waals surface area (Å²) in [6.45, 7) is 6.45. The highest BCUT2D eigenvalue weighted by molar-refractivity contribution is 7.92. The molecule has 3 aromatic rings. The lowest BCUT2D eigenvalue weighted by Gasteiger charge is -2.34. The highest BCUT2D eigenvalue weighted by Gasteiger charge is 2.34. The highest BCUT2D eigenvalue weighted by atomic mass is 35.5. The van der Waals surface area contributed by atoms with Gasteiger partial charge in [0.15, 0.2) is 0 Å². The Hall–Kier alpha value is -3.14. The molecule has 40 heavy (non-hydrogen) atoms. The number of hydrogen-bond acceptors (Lipinski definition) is 4. The number of nitrogens with one attached hydrogen (secondary N) is 1. The van der Waals surface area contributed by atoms with E-state index in [1.165, 1.54) is 4.90 Å². The molecule has 0 spiro atoms. The number of sulfonamides is 1. The minimum atomic E-state index is -4.31. The summed E-state index contributed by atoms with van der Waals surface area (Å²) in [5, 5.41) is 3.44. The van der Waals surface area contributed by atoms with Crippen molar-refractivity contribution >= 4 is 50.7 Å². The molecule has 2 amide bonds. The number of carbonyl (C=O) groups excluding carboxylic acids is 2. The molecule has 1 atom stereocenters. The number of benzene rings is 3. The van der Waals surface area contributed by atoms with E-state index in [2.05, 4.69) is 5.32 Å². The van der Waals surface area contributed by atoms with Crippen LogP contribution in [0.5, 0.6) is 0 Å². The van der Waals surface area contributed by atoms with Gasteiger partial charge >= 0.3 is 0 Å². The van der Waals surface area contributed by atoms with E-state index in [-0.39, 0.29) is 29.6 Å². The van der Waals surface area contributed by atoms with Crippen LogP contribution in [0.1, 0.15) is 38.3 Å². The van der Waals surface area contributed by atoms with Crippen LogP contribution in [0.2, 0.25) is 10.0 Å². The number of carbonyl (C=O) groups is 2. The molecule has 0 unspecified atom stereocenters. The molecule has 0 saturated heterocycles. The topological polar surface area (TPSA) is 86.8 Å². The molecule has 0 radical (unpaired) electrons. The van der Waals surface area contributed by atoms with Crippen LogP contribution in [-0.2, 0) is 26.2 Å². The Labute approximate surface area is 244 Å². The fraction of sp³-hybridized carbons (Fsp3) is 0.310. The molecule has 0 aliphatic carbocycles. The average Bonchev–Trinajstić information content (AvgIpc) is 2.89. The number of aryl methyl sites for hydroxylation is 1. The number of hydrogen-bond donors (Lipinski definition) is 1. The van der Waals surface area contributed by atoms with Crippen molar-refractivity contribution in [3.05, 3.63) is 93.7 Å². The van der Waals surface area contributed by atoms with E-state index >= 15 is 0 Å². The minimum absolute atomic E-state index is 0.125. The van der Waals surface area contributed by atoms with Gasteiger partial charge in [-0.05, 0) is 75.7 Å². The fourth-order valence-electron chi connectivity index (χ4n) is 4.13. The van der Waals surface area contributed by atoms with Gasteiger partial charge in [-0.2, -0.15) is 0 Å². The third-order valence-corrected chi connectivity index (χ3v) is 8.71. The van der Waals surface area contributed by atoms with Crippen LogP contribution in [-0.4, -0.2) is 43.8 Å². The van der Waals surface area contributed by atoms with Crippen LogP contribution in [0.3, 0.4) is 0 Å². The Bertz CT molecular complexity index is 1430. The van der Waals surface area contributed by atoms with Crippen molar-refractivity contribution in [2.45, 2.75) is 57.6 Å². The molecule has 0 fully saturated rings. The van der Waals surface area contributed by atoms with Gasteiger partial charge in [-0.3, -0.25) is 13.9 Å². The first kappa shape index (κ1) is 31.4. The molecular weight excluding hydrogens is 576 g/mol. The lowest BCUT2D eigenvalue weighted by Crippen LogP contribution is -2.53. The lowest BCUT2D eigenvalue weighted by molar-refractivity contribution is -0.140. The second-order valence-electron chi connectivity index (χ2n) is 9.61. The van der Waals surface area contributed by atoms with Gasteiger partial charge in [-0.25, -0.2) is 12.8 Å². The molecule has 0 aliphatic rings. The van der Waals surface area contributed by atoms with E-state index < -0.39 is 40.2 Å². The minimum Gasteiger partial charge on any atom is -0.352 e. The maximum atomic E-state index is 14.0. The van der Waals surface area contributed by atoms with Gasteiger partial charge in [-0.15, -0.1) is 0 Å². The largest absolute Gasteiger partial charge is 0.352 e. The number of halogens is 3. The molecule has 3 rings (SSSR count). The van der Waals surface area contributed by atoms with Crippen molar-refractivity contribution in [3.8, 4) is 0 Å². The summed E-state index contributed by atoms with van der Waals surface area (Å²) in [4.78, 5) is 28.3. The highest BCUT2D eigenvalue weighted by Crippen LogP contribution is 2.29. The quantitative estimate of drug-likeness (QED) is 0.291. The summed E-state index contributed by atoms with van der Waals surface area (Å²) in [5.74, 6) is -1.63. The summed E-state index contributed by atoms with van der Waals surface area (Å²) in [7, 11) is -4.31. The van der Waals surface area contributed by atoms with Crippen LogP contribution in [0, 0.1) is 12.7 Å². The Morgan fingerprint density at radius 2 is 1.52 bits per heavy atom. The summed E-state index contributed by atoms with van der Waals surface area (Å²) in [5.41, 5.74) is 1.55. The number of rotatable bonds is 11. The van der Waals surface area contributed by atoms with Crippen LogP contribution >= 0.6 is 23.2 Å². The van der Waals surface area contributed by atoms with Crippen molar-refractivity contribution in [1.29, 1.82) is 0 Å². The normalized spacial score (nSPS) is 12.2. The molecule has 11 heteroatoms. The maximum absolute atomic E-state index is 14.0. The third-order valence-electron chi connectivity index (χ3n) is 6.21. The van der Waals surface area contributed by atoms with Crippen LogP contribution in [0.25, 0.3) is 0 Å². The van der Waals surface area contributed by atoms with E-state index in [1.807, 2.05) is 6.92 Å². The molecule has 7 nitrogen and oxygen atoms in total. The lowest BCUT2D eigenvalue weighted by atomic mass is 10.1. The summed E-state index contributed by atoms with van der Waals surface area (Å²) < 4.78 is 42.1. The van der Waals surface area contributed by atoms with Crippen molar-refractivity contribution in [1.82, 2.24) is 10.2 Å². The van der Waals surface area contributed by atoms with Crippen LogP contribution in [0.15, 0.2) is 71.6 Å². The molecule has 0 aromatic heterocycles. The van der Waals surface area contributed by atoms with Gasteiger partial charge < -0.3 is 10.2 Å². The van der Waals surface area contributed by atoms with Gasteiger partial charge in [0.25, 0.3) is 10.0 Å². The zero-order chi connectivity index (χ0) is 29.6. The molecule has 214 valence electrons. The molecule has 0 aliphatic heterocycles. The van der Waals surface area contributed by atoms with Crippen molar-refractivity contribution in [2.75, 3.05) is 10.8 Å².